The molecule has 1 aromatic carbocycles. The van der Waals surface area contributed by atoms with Crippen LogP contribution in [0.2, 0.25) is 0 Å². The quantitative estimate of drug-likeness (QED) is 0.702. The van der Waals surface area contributed by atoms with Crippen molar-refractivity contribution in [1.29, 1.82) is 0 Å². The Labute approximate surface area is 80.7 Å². The summed E-state index contributed by atoms with van der Waals surface area (Å²) in [5.41, 5.74) is -1.29. The molecule has 0 heterocycles. The van der Waals surface area contributed by atoms with E-state index in [-0.39, 0.29) is 5.56 Å². The summed E-state index contributed by atoms with van der Waals surface area (Å²) in [5, 5.41) is 0. The molecule has 0 aromatic heterocycles. The number of hydrogen-bond acceptors (Lipinski definition) is 1. The molecule has 1 nitrogen and oxygen atoms in total. The highest BCUT2D eigenvalue weighted by molar-refractivity contribution is 9.18. The van der Waals surface area contributed by atoms with Gasteiger partial charge in [0, 0.05) is 5.56 Å². The van der Waals surface area contributed by atoms with Gasteiger partial charge >= 0.3 is 6.18 Å². The Kier molecular flexibility index (Phi) is 2.75. The van der Waals surface area contributed by atoms with Crippen LogP contribution in [0.15, 0.2) is 24.3 Å². The standard InChI is InChI=1S/C8H4BrF3O/c9-7(13)5-3-1-2-4-6(5)8(10,11)12/h1-4H. The molecule has 0 atom stereocenters. The third kappa shape index (κ3) is 2.30. The largest absolute Gasteiger partial charge is 0.417 e. The van der Waals surface area contributed by atoms with Gasteiger partial charge in [0.05, 0.1) is 5.56 Å². The molecule has 70 valence electrons. The summed E-state index contributed by atoms with van der Waals surface area (Å²) in [7, 11) is 0. The lowest BCUT2D eigenvalue weighted by Crippen LogP contribution is -2.10. The highest BCUT2D eigenvalue weighted by atomic mass is 79.9. The van der Waals surface area contributed by atoms with Gasteiger partial charge in [-0.15, -0.1) is 0 Å². The summed E-state index contributed by atoms with van der Waals surface area (Å²) in [6.45, 7) is 0. The van der Waals surface area contributed by atoms with Crippen LogP contribution in [0.1, 0.15) is 15.9 Å². The van der Waals surface area contributed by atoms with E-state index in [1.54, 1.807) is 0 Å². The minimum Gasteiger partial charge on any atom is -0.281 e. The van der Waals surface area contributed by atoms with Gasteiger partial charge in [-0.3, -0.25) is 4.79 Å². The monoisotopic (exact) mass is 252 g/mol. The number of carbonyl (C=O) groups is 1. The van der Waals surface area contributed by atoms with Crippen molar-refractivity contribution in [3.8, 4) is 0 Å². The molecule has 0 N–H and O–H groups in total. The highest BCUT2D eigenvalue weighted by Gasteiger charge is 2.34. The summed E-state index contributed by atoms with van der Waals surface area (Å²) in [4.78, 5) is 10.7. The fourth-order valence-corrected chi connectivity index (χ4v) is 1.25. The predicted octanol–water partition coefficient (Wildman–Crippen LogP) is 3.24. The van der Waals surface area contributed by atoms with Gasteiger partial charge in [-0.1, -0.05) is 12.1 Å². The van der Waals surface area contributed by atoms with Gasteiger partial charge < -0.3 is 0 Å². The average Bonchev–Trinajstić information content (AvgIpc) is 2.03. The Morgan fingerprint density at radius 1 is 1.23 bits per heavy atom. The van der Waals surface area contributed by atoms with Crippen LogP contribution in [-0.2, 0) is 6.18 Å². The Morgan fingerprint density at radius 3 is 2.15 bits per heavy atom. The molecule has 0 aliphatic rings. The first-order chi connectivity index (χ1) is 5.93. The van der Waals surface area contributed by atoms with E-state index >= 15 is 0 Å². The van der Waals surface area contributed by atoms with Gasteiger partial charge in [-0.05, 0) is 28.1 Å². The molecular formula is C8H4BrF3O. The fourth-order valence-electron chi connectivity index (χ4n) is 0.902. The maximum absolute atomic E-state index is 12.2. The lowest BCUT2D eigenvalue weighted by atomic mass is 10.1. The van der Waals surface area contributed by atoms with E-state index in [0.717, 1.165) is 12.1 Å². The lowest BCUT2D eigenvalue weighted by Gasteiger charge is -2.08. The van der Waals surface area contributed by atoms with E-state index in [1.165, 1.54) is 12.1 Å². The maximum atomic E-state index is 12.2. The van der Waals surface area contributed by atoms with Crippen molar-refractivity contribution in [1.82, 2.24) is 0 Å². The molecule has 5 heteroatoms. The SMILES string of the molecule is O=C(Br)c1ccccc1C(F)(F)F. The van der Waals surface area contributed by atoms with Crippen LogP contribution in [0.25, 0.3) is 0 Å². The zero-order valence-corrected chi connectivity index (χ0v) is 7.82. The fraction of sp³-hybridized carbons (Fsp3) is 0.125. The molecule has 0 spiro atoms. The Balaban J connectivity index is 3.28. The van der Waals surface area contributed by atoms with Crippen LogP contribution < -0.4 is 0 Å². The number of benzene rings is 1. The normalized spacial score (nSPS) is 11.4. The molecule has 0 amide bonds. The molecule has 13 heavy (non-hydrogen) atoms. The average molecular weight is 253 g/mol. The van der Waals surface area contributed by atoms with Crippen molar-refractivity contribution in [3.63, 3.8) is 0 Å². The van der Waals surface area contributed by atoms with Crippen molar-refractivity contribution >= 4 is 20.6 Å². The second-order valence-electron chi connectivity index (χ2n) is 2.32. The Hall–Kier alpha value is -0.840. The van der Waals surface area contributed by atoms with Crippen molar-refractivity contribution < 1.29 is 18.0 Å². The second-order valence-corrected chi connectivity index (χ2v) is 3.04. The summed E-state index contributed by atoms with van der Waals surface area (Å²) >= 11 is 2.49. The number of halogens is 4. The zero-order valence-electron chi connectivity index (χ0n) is 6.23. The highest BCUT2D eigenvalue weighted by Crippen LogP contribution is 2.32. The van der Waals surface area contributed by atoms with E-state index in [4.69, 9.17) is 0 Å². The number of hydrogen-bond donors (Lipinski definition) is 0. The number of rotatable bonds is 1. The number of alkyl halides is 3. The molecule has 0 saturated carbocycles. The maximum Gasteiger partial charge on any atom is 0.417 e. The molecule has 1 rings (SSSR count). The van der Waals surface area contributed by atoms with Gasteiger partial charge in [0.1, 0.15) is 0 Å². The molecule has 0 saturated heterocycles. The molecule has 0 fully saturated rings. The van der Waals surface area contributed by atoms with Crippen LogP contribution in [0.3, 0.4) is 0 Å². The molecule has 0 radical (unpaired) electrons. The molecule has 0 aliphatic heterocycles. The minimum absolute atomic E-state index is 0.366. The molecule has 1 aromatic rings. The van der Waals surface area contributed by atoms with Crippen LogP contribution in [0.4, 0.5) is 13.2 Å². The summed E-state index contributed by atoms with van der Waals surface area (Å²) in [6, 6.07) is 4.61. The summed E-state index contributed by atoms with van der Waals surface area (Å²) in [6.07, 6.45) is -4.49. The third-order valence-corrected chi connectivity index (χ3v) is 1.87. The van der Waals surface area contributed by atoms with Gasteiger partial charge in [-0.25, -0.2) is 0 Å². The first kappa shape index (κ1) is 10.2. The molecule has 0 aliphatic carbocycles. The third-order valence-electron chi connectivity index (χ3n) is 1.44. The molecular weight excluding hydrogens is 249 g/mol. The summed E-state index contributed by atoms with van der Waals surface area (Å²) < 4.78 is 35.9. The first-order valence-electron chi connectivity index (χ1n) is 3.29. The van der Waals surface area contributed by atoms with Crippen molar-refractivity contribution in [3.05, 3.63) is 35.4 Å². The smallest absolute Gasteiger partial charge is 0.281 e. The first-order valence-corrected chi connectivity index (χ1v) is 4.08. The zero-order chi connectivity index (χ0) is 10.1. The van der Waals surface area contributed by atoms with Crippen LogP contribution in [0.5, 0.6) is 0 Å². The van der Waals surface area contributed by atoms with Crippen molar-refractivity contribution in [2.24, 2.45) is 0 Å². The van der Waals surface area contributed by atoms with Crippen molar-refractivity contribution in [2.75, 3.05) is 0 Å². The van der Waals surface area contributed by atoms with E-state index in [2.05, 4.69) is 15.9 Å². The van der Waals surface area contributed by atoms with Crippen LogP contribution in [0, 0.1) is 0 Å². The molecule has 0 unspecified atom stereocenters. The minimum atomic E-state index is -4.49. The van der Waals surface area contributed by atoms with Crippen molar-refractivity contribution in [2.45, 2.75) is 6.18 Å². The van der Waals surface area contributed by atoms with Gasteiger partial charge in [0.25, 0.3) is 0 Å². The van der Waals surface area contributed by atoms with E-state index in [9.17, 15) is 18.0 Å². The second kappa shape index (κ2) is 3.49. The lowest BCUT2D eigenvalue weighted by molar-refractivity contribution is -0.137. The molecule has 0 bridgehead atoms. The Morgan fingerprint density at radius 2 is 1.77 bits per heavy atom. The van der Waals surface area contributed by atoms with Gasteiger partial charge in [-0.2, -0.15) is 13.2 Å². The van der Waals surface area contributed by atoms with Crippen LogP contribution in [-0.4, -0.2) is 4.69 Å². The van der Waals surface area contributed by atoms with Crippen LogP contribution >= 0.6 is 15.9 Å². The van der Waals surface area contributed by atoms with Gasteiger partial charge in [0.15, 0.2) is 0 Å². The van der Waals surface area contributed by atoms with Gasteiger partial charge in [0.2, 0.25) is 4.69 Å². The van der Waals surface area contributed by atoms with E-state index < -0.39 is 16.4 Å². The predicted molar refractivity (Wildman–Crippen MR) is 44.7 cm³/mol. The van der Waals surface area contributed by atoms with E-state index in [0.29, 0.717) is 0 Å². The topological polar surface area (TPSA) is 17.1 Å². The number of carbonyl (C=O) groups excluding carboxylic acids is 1. The summed E-state index contributed by atoms with van der Waals surface area (Å²) in [5.74, 6) is 0. The van der Waals surface area contributed by atoms with E-state index in [1.807, 2.05) is 0 Å². The Bertz CT molecular complexity index is 332.